The summed E-state index contributed by atoms with van der Waals surface area (Å²) in [6.45, 7) is 4.72. The molecule has 6 heteroatoms. The Morgan fingerprint density at radius 1 is 1.19 bits per heavy atom. The van der Waals surface area contributed by atoms with E-state index in [1.54, 1.807) is 11.1 Å². The van der Waals surface area contributed by atoms with E-state index < -0.39 is 0 Å². The molecular weight excluding hydrogens is 346 g/mol. The van der Waals surface area contributed by atoms with Crippen LogP contribution >= 0.6 is 11.3 Å². The topological polar surface area (TPSA) is 53.5 Å². The summed E-state index contributed by atoms with van der Waals surface area (Å²) in [5, 5.41) is 1.91. The van der Waals surface area contributed by atoms with E-state index in [-0.39, 0.29) is 17.7 Å². The SMILES string of the molecule is CC1CCCN(C(=O)C2CN(C(=O)c3cccs3)Cc3cccnc32)C1. The molecule has 2 aromatic heterocycles. The Morgan fingerprint density at radius 2 is 2.08 bits per heavy atom. The van der Waals surface area contributed by atoms with Crippen LogP contribution in [0.2, 0.25) is 0 Å². The van der Waals surface area contributed by atoms with Gasteiger partial charge in [-0.1, -0.05) is 19.1 Å². The molecule has 2 aliphatic heterocycles. The molecule has 2 aromatic rings. The van der Waals surface area contributed by atoms with Crippen molar-refractivity contribution < 1.29 is 9.59 Å². The number of rotatable bonds is 2. The van der Waals surface area contributed by atoms with Gasteiger partial charge in [0.25, 0.3) is 5.91 Å². The Bertz CT molecular complexity index is 805. The van der Waals surface area contributed by atoms with Crippen LogP contribution in [0.1, 0.15) is 46.6 Å². The Hall–Kier alpha value is -2.21. The van der Waals surface area contributed by atoms with Gasteiger partial charge in [0.2, 0.25) is 5.91 Å². The van der Waals surface area contributed by atoms with Gasteiger partial charge in [-0.2, -0.15) is 0 Å². The van der Waals surface area contributed by atoms with Gasteiger partial charge in [-0.3, -0.25) is 14.6 Å². The monoisotopic (exact) mass is 369 g/mol. The molecule has 4 rings (SSSR count). The molecule has 2 unspecified atom stereocenters. The highest BCUT2D eigenvalue weighted by molar-refractivity contribution is 7.12. The minimum atomic E-state index is -0.367. The van der Waals surface area contributed by atoms with E-state index in [4.69, 9.17) is 0 Å². The van der Waals surface area contributed by atoms with Crippen molar-refractivity contribution in [1.29, 1.82) is 0 Å². The smallest absolute Gasteiger partial charge is 0.264 e. The van der Waals surface area contributed by atoms with Crippen molar-refractivity contribution >= 4 is 23.2 Å². The Balaban J connectivity index is 1.62. The number of hydrogen-bond acceptors (Lipinski definition) is 4. The fourth-order valence-electron chi connectivity index (χ4n) is 3.99. The first-order chi connectivity index (χ1) is 12.6. The zero-order valence-electron chi connectivity index (χ0n) is 14.9. The summed E-state index contributed by atoms with van der Waals surface area (Å²) < 4.78 is 0. The first-order valence-electron chi connectivity index (χ1n) is 9.19. The number of hydrogen-bond donors (Lipinski definition) is 0. The van der Waals surface area contributed by atoms with E-state index in [0.717, 1.165) is 35.6 Å². The summed E-state index contributed by atoms with van der Waals surface area (Å²) in [6.07, 6.45) is 3.97. The maximum atomic E-state index is 13.3. The lowest BCUT2D eigenvalue weighted by Crippen LogP contribution is -2.47. The molecule has 2 aliphatic rings. The second-order valence-electron chi connectivity index (χ2n) is 7.29. The van der Waals surface area contributed by atoms with Gasteiger partial charge in [-0.25, -0.2) is 0 Å². The van der Waals surface area contributed by atoms with Crippen molar-refractivity contribution in [3.63, 3.8) is 0 Å². The molecule has 136 valence electrons. The number of carbonyl (C=O) groups is 2. The number of aromatic nitrogens is 1. The molecule has 26 heavy (non-hydrogen) atoms. The number of nitrogens with zero attached hydrogens (tertiary/aromatic N) is 3. The minimum absolute atomic E-state index is 0.000634. The van der Waals surface area contributed by atoms with Crippen molar-refractivity contribution in [3.8, 4) is 0 Å². The van der Waals surface area contributed by atoms with Crippen LogP contribution in [-0.4, -0.2) is 46.2 Å². The van der Waals surface area contributed by atoms with Gasteiger partial charge in [0, 0.05) is 32.4 Å². The summed E-state index contributed by atoms with van der Waals surface area (Å²) in [4.78, 5) is 35.1. The second kappa shape index (κ2) is 7.19. The van der Waals surface area contributed by atoms with E-state index in [0.29, 0.717) is 19.0 Å². The van der Waals surface area contributed by atoms with E-state index in [2.05, 4.69) is 11.9 Å². The van der Waals surface area contributed by atoms with Crippen molar-refractivity contribution in [2.75, 3.05) is 19.6 Å². The Morgan fingerprint density at radius 3 is 2.85 bits per heavy atom. The Kier molecular flexibility index (Phi) is 4.76. The third-order valence-corrected chi connectivity index (χ3v) is 6.16. The van der Waals surface area contributed by atoms with Gasteiger partial charge in [-0.05, 0) is 41.8 Å². The predicted molar refractivity (Wildman–Crippen MR) is 101 cm³/mol. The maximum absolute atomic E-state index is 13.3. The lowest BCUT2D eigenvalue weighted by atomic mass is 9.91. The number of fused-ring (bicyclic) bond motifs is 1. The average molecular weight is 369 g/mol. The summed E-state index contributed by atoms with van der Waals surface area (Å²) in [5.41, 5.74) is 1.82. The molecule has 0 radical (unpaired) electrons. The largest absolute Gasteiger partial charge is 0.342 e. The summed E-state index contributed by atoms with van der Waals surface area (Å²) in [7, 11) is 0. The maximum Gasteiger partial charge on any atom is 0.264 e. The van der Waals surface area contributed by atoms with E-state index in [9.17, 15) is 9.59 Å². The average Bonchev–Trinajstić information content (AvgIpc) is 3.20. The molecule has 2 atom stereocenters. The molecule has 5 nitrogen and oxygen atoms in total. The third kappa shape index (κ3) is 3.26. The van der Waals surface area contributed by atoms with E-state index in [1.807, 2.05) is 34.5 Å². The first-order valence-corrected chi connectivity index (χ1v) is 10.1. The van der Waals surface area contributed by atoms with Gasteiger partial charge in [-0.15, -0.1) is 11.3 Å². The fourth-order valence-corrected chi connectivity index (χ4v) is 4.68. The molecule has 1 fully saturated rings. The van der Waals surface area contributed by atoms with Crippen LogP contribution in [-0.2, 0) is 11.3 Å². The van der Waals surface area contributed by atoms with Crippen molar-refractivity contribution in [2.45, 2.75) is 32.2 Å². The zero-order valence-corrected chi connectivity index (χ0v) is 15.7. The molecule has 0 saturated carbocycles. The highest BCUT2D eigenvalue weighted by Gasteiger charge is 2.37. The quantitative estimate of drug-likeness (QED) is 0.817. The molecule has 0 N–H and O–H groups in total. The van der Waals surface area contributed by atoms with Crippen molar-refractivity contribution in [3.05, 3.63) is 52.0 Å². The second-order valence-corrected chi connectivity index (χ2v) is 8.24. The zero-order chi connectivity index (χ0) is 18.1. The van der Waals surface area contributed by atoms with Crippen LogP contribution in [0.15, 0.2) is 35.8 Å². The van der Waals surface area contributed by atoms with Crippen LogP contribution in [0.3, 0.4) is 0 Å². The third-order valence-electron chi connectivity index (χ3n) is 5.31. The van der Waals surface area contributed by atoms with E-state index in [1.165, 1.54) is 17.8 Å². The van der Waals surface area contributed by atoms with Gasteiger partial charge < -0.3 is 9.80 Å². The molecule has 1 saturated heterocycles. The fraction of sp³-hybridized carbons (Fsp3) is 0.450. The van der Waals surface area contributed by atoms with Crippen molar-refractivity contribution in [2.24, 2.45) is 5.92 Å². The van der Waals surface area contributed by atoms with Crippen LogP contribution < -0.4 is 0 Å². The normalized spacial score (nSPS) is 22.8. The van der Waals surface area contributed by atoms with Gasteiger partial charge in [0.15, 0.2) is 0 Å². The number of pyridine rings is 1. The van der Waals surface area contributed by atoms with Crippen LogP contribution in [0.5, 0.6) is 0 Å². The van der Waals surface area contributed by atoms with E-state index >= 15 is 0 Å². The Labute approximate surface area is 157 Å². The lowest BCUT2D eigenvalue weighted by molar-refractivity contribution is -0.135. The molecule has 0 spiro atoms. The van der Waals surface area contributed by atoms with Crippen molar-refractivity contribution in [1.82, 2.24) is 14.8 Å². The highest BCUT2D eigenvalue weighted by Crippen LogP contribution is 2.31. The standard InChI is InChI=1S/C20H23N3O2S/c1-14-5-3-9-22(11-14)19(24)16-13-23(20(25)17-7-4-10-26-17)12-15-6-2-8-21-18(15)16/h2,4,6-8,10,14,16H,3,5,9,11-13H2,1H3. The van der Waals surface area contributed by atoms with Crippen LogP contribution in [0.25, 0.3) is 0 Å². The molecule has 2 amide bonds. The van der Waals surface area contributed by atoms with Gasteiger partial charge in [0.05, 0.1) is 16.5 Å². The summed E-state index contributed by atoms with van der Waals surface area (Å²) in [6, 6.07) is 7.59. The number of piperidine rings is 1. The first kappa shape index (κ1) is 17.2. The number of carbonyl (C=O) groups excluding carboxylic acids is 2. The number of amides is 2. The van der Waals surface area contributed by atoms with Crippen LogP contribution in [0.4, 0.5) is 0 Å². The molecular formula is C20H23N3O2S. The molecule has 0 aliphatic carbocycles. The minimum Gasteiger partial charge on any atom is -0.342 e. The molecule has 0 bridgehead atoms. The summed E-state index contributed by atoms with van der Waals surface area (Å²) in [5.74, 6) is 0.275. The number of likely N-dealkylation sites (tertiary alicyclic amines) is 1. The van der Waals surface area contributed by atoms with Gasteiger partial charge >= 0.3 is 0 Å². The molecule has 0 aromatic carbocycles. The van der Waals surface area contributed by atoms with Crippen LogP contribution in [0, 0.1) is 5.92 Å². The summed E-state index contributed by atoms with van der Waals surface area (Å²) >= 11 is 1.44. The predicted octanol–water partition coefficient (Wildman–Crippen LogP) is 3.14. The molecule has 4 heterocycles. The highest BCUT2D eigenvalue weighted by atomic mass is 32.1. The van der Waals surface area contributed by atoms with Gasteiger partial charge in [0.1, 0.15) is 0 Å². The number of thiophene rings is 1. The lowest BCUT2D eigenvalue weighted by Gasteiger charge is -2.38.